The number of Topliss-reactive ketones (excluding diaryl/α,β-unsaturated/α-hetero) is 1. The van der Waals surface area contributed by atoms with Gasteiger partial charge < -0.3 is 13.8 Å². The summed E-state index contributed by atoms with van der Waals surface area (Å²) in [4.78, 5) is 12.8. The number of ether oxygens (including phenoxy) is 1. The minimum atomic E-state index is -3.53. The molecule has 0 saturated carbocycles. The molecule has 5 nitrogen and oxygen atoms in total. The van der Waals surface area contributed by atoms with Crippen LogP contribution in [0.25, 0.3) is 0 Å². The molecule has 0 aliphatic heterocycles. The van der Waals surface area contributed by atoms with Crippen LogP contribution < -0.4 is 4.74 Å². The monoisotopic (exact) mass is 376 g/mol. The molecule has 0 heterocycles. The van der Waals surface area contributed by atoms with E-state index in [0.717, 1.165) is 0 Å². The van der Waals surface area contributed by atoms with Crippen LogP contribution in [0.1, 0.15) is 41.8 Å². The Hall–Kier alpha value is -1.94. The molecule has 2 aromatic carbocycles. The predicted molar refractivity (Wildman–Crippen MR) is 102 cm³/mol. The summed E-state index contributed by atoms with van der Waals surface area (Å²) < 4.78 is 29.8. The van der Waals surface area contributed by atoms with Crippen molar-refractivity contribution in [3.05, 3.63) is 65.7 Å². The second kappa shape index (κ2) is 9.67. The fraction of sp³-hybridized carbons (Fsp3) is 0.350. The van der Waals surface area contributed by atoms with Crippen LogP contribution in [0.3, 0.4) is 0 Å². The maximum Gasteiger partial charge on any atom is 0.338 e. The Morgan fingerprint density at radius 3 is 2.23 bits per heavy atom. The zero-order valence-corrected chi connectivity index (χ0v) is 16.3. The van der Waals surface area contributed by atoms with E-state index in [9.17, 15) is 9.36 Å². The first-order chi connectivity index (χ1) is 12.5. The molecule has 0 N–H and O–H groups in total. The summed E-state index contributed by atoms with van der Waals surface area (Å²) in [6, 6.07) is 16.1. The van der Waals surface area contributed by atoms with Gasteiger partial charge in [0, 0.05) is 12.0 Å². The standard InChI is InChI=1S/C20H25O5P/c1-4-24-26(22,25-5-2)20(17-12-9-13-18(14-17)23-3)15-19(21)16-10-7-6-8-11-16/h6-14,20H,4-5,15H2,1-3H3. The molecule has 0 aliphatic carbocycles. The summed E-state index contributed by atoms with van der Waals surface area (Å²) in [7, 11) is -1.97. The van der Waals surface area contributed by atoms with E-state index in [4.69, 9.17) is 13.8 Å². The lowest BCUT2D eigenvalue weighted by molar-refractivity contribution is 0.0973. The van der Waals surface area contributed by atoms with Crippen molar-refractivity contribution < 1.29 is 23.1 Å². The minimum Gasteiger partial charge on any atom is -0.497 e. The lowest BCUT2D eigenvalue weighted by Crippen LogP contribution is -2.12. The lowest BCUT2D eigenvalue weighted by atomic mass is 10.0. The van der Waals surface area contributed by atoms with Crippen molar-refractivity contribution in [1.82, 2.24) is 0 Å². The third-order valence-corrected chi connectivity index (χ3v) is 6.43. The SMILES string of the molecule is CCOP(=O)(OCC)C(CC(=O)c1ccccc1)c1cccc(OC)c1. The Balaban J connectivity index is 2.43. The largest absolute Gasteiger partial charge is 0.497 e. The highest BCUT2D eigenvalue weighted by Gasteiger charge is 2.38. The molecule has 26 heavy (non-hydrogen) atoms. The van der Waals surface area contributed by atoms with Crippen LogP contribution >= 0.6 is 7.60 Å². The van der Waals surface area contributed by atoms with Crippen molar-refractivity contribution in [2.75, 3.05) is 20.3 Å². The van der Waals surface area contributed by atoms with Crippen LogP contribution in [-0.4, -0.2) is 26.1 Å². The third kappa shape index (κ3) is 5.04. The number of ketones is 1. The molecule has 0 spiro atoms. The molecule has 2 aromatic rings. The first-order valence-electron chi connectivity index (χ1n) is 8.65. The van der Waals surface area contributed by atoms with Gasteiger partial charge in [-0.05, 0) is 31.5 Å². The Morgan fingerprint density at radius 2 is 1.65 bits per heavy atom. The first-order valence-corrected chi connectivity index (χ1v) is 10.3. The minimum absolute atomic E-state index is 0.0223. The Bertz CT molecular complexity index is 750. The smallest absolute Gasteiger partial charge is 0.338 e. The summed E-state index contributed by atoms with van der Waals surface area (Å²) in [5.41, 5.74) is 0.559. The Labute approximate surface area is 154 Å². The van der Waals surface area contributed by atoms with Gasteiger partial charge in [-0.3, -0.25) is 9.36 Å². The normalized spacial score (nSPS) is 12.6. The van der Waals surface area contributed by atoms with Gasteiger partial charge in [0.25, 0.3) is 0 Å². The predicted octanol–water partition coefficient (Wildman–Crippen LogP) is 5.28. The first kappa shape index (κ1) is 20.4. The van der Waals surface area contributed by atoms with Gasteiger partial charge in [0.05, 0.1) is 26.0 Å². The zero-order valence-electron chi connectivity index (χ0n) is 15.4. The van der Waals surface area contributed by atoms with E-state index in [1.807, 2.05) is 12.1 Å². The summed E-state index contributed by atoms with van der Waals surface area (Å²) in [6.07, 6.45) is 0.0223. The van der Waals surface area contributed by atoms with Crippen LogP contribution in [0.5, 0.6) is 5.75 Å². The van der Waals surface area contributed by atoms with Crippen molar-refractivity contribution >= 4 is 13.4 Å². The molecule has 2 rings (SSSR count). The van der Waals surface area contributed by atoms with E-state index in [0.29, 0.717) is 16.9 Å². The second-order valence-corrected chi connectivity index (χ2v) is 7.88. The molecule has 1 unspecified atom stereocenters. The van der Waals surface area contributed by atoms with Gasteiger partial charge in [-0.25, -0.2) is 0 Å². The van der Waals surface area contributed by atoms with Gasteiger partial charge >= 0.3 is 7.60 Å². The number of hydrogen-bond acceptors (Lipinski definition) is 5. The number of methoxy groups -OCH3 is 1. The zero-order chi connectivity index (χ0) is 19.0. The second-order valence-electron chi connectivity index (χ2n) is 5.66. The van der Waals surface area contributed by atoms with Crippen molar-refractivity contribution in [1.29, 1.82) is 0 Å². The van der Waals surface area contributed by atoms with Crippen LogP contribution in [0.2, 0.25) is 0 Å². The summed E-state index contributed by atoms with van der Waals surface area (Å²) in [5, 5.41) is 0. The third-order valence-electron chi connectivity index (χ3n) is 3.95. The number of hydrogen-bond donors (Lipinski definition) is 0. The van der Waals surface area contributed by atoms with Crippen LogP contribution in [0.4, 0.5) is 0 Å². The van der Waals surface area contributed by atoms with Crippen molar-refractivity contribution in [2.24, 2.45) is 0 Å². The maximum atomic E-state index is 13.4. The molecule has 0 fully saturated rings. The van der Waals surface area contributed by atoms with Crippen molar-refractivity contribution in [2.45, 2.75) is 25.9 Å². The maximum absolute atomic E-state index is 13.4. The lowest BCUT2D eigenvalue weighted by Gasteiger charge is -2.26. The summed E-state index contributed by atoms with van der Waals surface area (Å²) in [5.74, 6) is 0.511. The quantitative estimate of drug-likeness (QED) is 0.417. The van der Waals surface area contributed by atoms with Gasteiger partial charge in [0.1, 0.15) is 5.75 Å². The van der Waals surface area contributed by atoms with Crippen molar-refractivity contribution in [3.8, 4) is 5.75 Å². The molecule has 1 atom stereocenters. The average Bonchev–Trinajstić information content (AvgIpc) is 2.67. The molecular formula is C20H25O5P. The van der Waals surface area contributed by atoms with Gasteiger partial charge in [-0.1, -0.05) is 42.5 Å². The molecule has 0 radical (unpaired) electrons. The molecule has 6 heteroatoms. The van der Waals surface area contributed by atoms with E-state index in [-0.39, 0.29) is 25.4 Å². The van der Waals surface area contributed by atoms with Crippen LogP contribution in [-0.2, 0) is 13.6 Å². The van der Waals surface area contributed by atoms with Gasteiger partial charge in [-0.2, -0.15) is 0 Å². The average molecular weight is 376 g/mol. The number of benzene rings is 2. The number of rotatable bonds is 10. The highest BCUT2D eigenvalue weighted by Crippen LogP contribution is 2.62. The molecule has 0 bridgehead atoms. The molecule has 0 aliphatic rings. The van der Waals surface area contributed by atoms with Gasteiger partial charge in [-0.15, -0.1) is 0 Å². The van der Waals surface area contributed by atoms with E-state index in [1.165, 1.54) is 0 Å². The van der Waals surface area contributed by atoms with E-state index < -0.39 is 13.3 Å². The summed E-state index contributed by atoms with van der Waals surface area (Å²) in [6.45, 7) is 3.98. The van der Waals surface area contributed by atoms with Crippen molar-refractivity contribution in [3.63, 3.8) is 0 Å². The molecule has 0 aromatic heterocycles. The van der Waals surface area contributed by atoms with Crippen LogP contribution in [0.15, 0.2) is 54.6 Å². The molecule has 0 saturated heterocycles. The molecular weight excluding hydrogens is 351 g/mol. The van der Waals surface area contributed by atoms with Crippen LogP contribution in [0, 0.1) is 0 Å². The Morgan fingerprint density at radius 1 is 1.00 bits per heavy atom. The van der Waals surface area contributed by atoms with Gasteiger partial charge in [0.15, 0.2) is 5.78 Å². The Kier molecular flexibility index (Phi) is 7.58. The fourth-order valence-corrected chi connectivity index (χ4v) is 4.83. The fourth-order valence-electron chi connectivity index (χ4n) is 2.76. The molecule has 140 valence electrons. The molecule has 0 amide bonds. The number of carbonyl (C=O) groups is 1. The van der Waals surface area contributed by atoms with Gasteiger partial charge in [0.2, 0.25) is 0 Å². The summed E-state index contributed by atoms with van der Waals surface area (Å²) >= 11 is 0. The highest BCUT2D eigenvalue weighted by atomic mass is 31.2. The van der Waals surface area contributed by atoms with E-state index in [1.54, 1.807) is 63.4 Å². The highest BCUT2D eigenvalue weighted by molar-refractivity contribution is 7.54. The number of carbonyl (C=O) groups excluding carboxylic acids is 1. The van der Waals surface area contributed by atoms with E-state index >= 15 is 0 Å². The topological polar surface area (TPSA) is 61.8 Å². The van der Waals surface area contributed by atoms with E-state index in [2.05, 4.69) is 0 Å².